The Hall–Kier alpha value is -0.570. The van der Waals surface area contributed by atoms with Crippen molar-refractivity contribution in [1.82, 2.24) is 4.90 Å². The second-order valence-corrected chi connectivity index (χ2v) is 3.73. The van der Waals surface area contributed by atoms with E-state index in [2.05, 4.69) is 6.92 Å². The number of morpholine rings is 1. The van der Waals surface area contributed by atoms with E-state index in [4.69, 9.17) is 4.74 Å². The summed E-state index contributed by atoms with van der Waals surface area (Å²) in [6.07, 6.45) is 3.58. The van der Waals surface area contributed by atoms with Gasteiger partial charge in [0.05, 0.1) is 12.1 Å². The molecule has 2 atom stereocenters. The van der Waals surface area contributed by atoms with Crippen LogP contribution in [0.3, 0.4) is 0 Å². The van der Waals surface area contributed by atoms with Crippen LogP contribution in [0.2, 0.25) is 0 Å². The molecule has 0 aromatic carbocycles. The van der Waals surface area contributed by atoms with Crippen LogP contribution in [0.15, 0.2) is 0 Å². The molecule has 0 aromatic heterocycles. The maximum Gasteiger partial charge on any atom is 0.248 e. The number of hydrogen-bond donors (Lipinski definition) is 0. The first kappa shape index (κ1) is 10.5. The molecule has 0 aliphatic carbocycles. The highest BCUT2D eigenvalue weighted by molar-refractivity contribution is 5.78. The van der Waals surface area contributed by atoms with Gasteiger partial charge in [-0.1, -0.05) is 19.8 Å². The van der Waals surface area contributed by atoms with Crippen LogP contribution in [-0.4, -0.2) is 36.6 Å². The predicted molar refractivity (Wildman–Crippen MR) is 51.5 cm³/mol. The molecule has 3 nitrogen and oxygen atoms in total. The summed E-state index contributed by atoms with van der Waals surface area (Å²) in [6, 6.07) is 0.279. The molecule has 76 valence electrons. The highest BCUT2D eigenvalue weighted by Gasteiger charge is 2.30. The summed E-state index contributed by atoms with van der Waals surface area (Å²) in [7, 11) is 1.88. The Morgan fingerprint density at radius 3 is 2.92 bits per heavy atom. The number of carbonyl (C=O) groups is 1. The van der Waals surface area contributed by atoms with Gasteiger partial charge in [-0.05, 0) is 13.3 Å². The van der Waals surface area contributed by atoms with Gasteiger partial charge in [0.25, 0.3) is 0 Å². The lowest BCUT2D eigenvalue weighted by molar-refractivity contribution is -0.153. The van der Waals surface area contributed by atoms with Crippen LogP contribution >= 0.6 is 0 Å². The Morgan fingerprint density at radius 2 is 2.31 bits per heavy atom. The first-order valence-electron chi connectivity index (χ1n) is 5.04. The van der Waals surface area contributed by atoms with Crippen molar-refractivity contribution in [2.75, 3.05) is 13.7 Å². The number of hydrogen-bond acceptors (Lipinski definition) is 2. The third-order valence-corrected chi connectivity index (χ3v) is 2.76. The second kappa shape index (κ2) is 4.61. The first-order valence-corrected chi connectivity index (χ1v) is 5.04. The van der Waals surface area contributed by atoms with Crippen LogP contribution in [0.25, 0.3) is 0 Å². The molecule has 0 spiro atoms. The molecular formula is C10H19NO2. The summed E-state index contributed by atoms with van der Waals surface area (Å²) < 4.78 is 5.38. The fourth-order valence-electron chi connectivity index (χ4n) is 1.76. The SMILES string of the molecule is CCCCC1C(C)OCC(=O)N1C. The number of unbranched alkanes of at least 4 members (excludes halogenated alkanes) is 1. The van der Waals surface area contributed by atoms with Crippen molar-refractivity contribution in [1.29, 1.82) is 0 Å². The Bertz CT molecular complexity index is 182. The number of rotatable bonds is 3. The molecule has 3 heteroatoms. The van der Waals surface area contributed by atoms with E-state index >= 15 is 0 Å². The Kier molecular flexibility index (Phi) is 3.72. The van der Waals surface area contributed by atoms with Gasteiger partial charge < -0.3 is 9.64 Å². The largest absolute Gasteiger partial charge is 0.367 e. The van der Waals surface area contributed by atoms with Gasteiger partial charge in [0, 0.05) is 7.05 Å². The van der Waals surface area contributed by atoms with Gasteiger partial charge in [0.2, 0.25) is 5.91 Å². The van der Waals surface area contributed by atoms with Gasteiger partial charge in [-0.15, -0.1) is 0 Å². The number of nitrogens with zero attached hydrogens (tertiary/aromatic N) is 1. The lowest BCUT2D eigenvalue weighted by Crippen LogP contribution is -2.51. The Labute approximate surface area is 80.1 Å². The molecule has 1 aliphatic heterocycles. The van der Waals surface area contributed by atoms with Crippen molar-refractivity contribution in [2.45, 2.75) is 45.3 Å². The Balaban J connectivity index is 2.50. The summed E-state index contributed by atoms with van der Waals surface area (Å²) in [6.45, 7) is 4.46. The number of likely N-dealkylation sites (N-methyl/N-ethyl adjacent to an activating group) is 1. The third kappa shape index (κ3) is 2.44. The van der Waals surface area contributed by atoms with E-state index in [0.29, 0.717) is 0 Å². The van der Waals surface area contributed by atoms with E-state index in [1.54, 1.807) is 0 Å². The maximum atomic E-state index is 11.3. The monoisotopic (exact) mass is 185 g/mol. The minimum atomic E-state index is 0.110. The van der Waals surface area contributed by atoms with Crippen LogP contribution in [0.5, 0.6) is 0 Å². The van der Waals surface area contributed by atoms with Gasteiger partial charge >= 0.3 is 0 Å². The molecule has 1 aliphatic rings. The first-order chi connectivity index (χ1) is 6.16. The zero-order chi connectivity index (χ0) is 9.84. The van der Waals surface area contributed by atoms with Crippen molar-refractivity contribution < 1.29 is 9.53 Å². The zero-order valence-corrected chi connectivity index (χ0v) is 8.75. The normalized spacial score (nSPS) is 29.5. The molecule has 1 amide bonds. The van der Waals surface area contributed by atoms with E-state index in [-0.39, 0.29) is 24.7 Å². The molecule has 0 aromatic rings. The van der Waals surface area contributed by atoms with Gasteiger partial charge in [0.15, 0.2) is 0 Å². The molecule has 2 unspecified atom stereocenters. The Morgan fingerprint density at radius 1 is 1.62 bits per heavy atom. The second-order valence-electron chi connectivity index (χ2n) is 3.73. The summed E-state index contributed by atoms with van der Waals surface area (Å²) in [5.41, 5.74) is 0. The lowest BCUT2D eigenvalue weighted by atomic mass is 10.0. The van der Waals surface area contributed by atoms with E-state index in [9.17, 15) is 4.79 Å². The van der Waals surface area contributed by atoms with Crippen molar-refractivity contribution in [2.24, 2.45) is 0 Å². The van der Waals surface area contributed by atoms with Crippen molar-refractivity contribution >= 4 is 5.91 Å². The highest BCUT2D eigenvalue weighted by Crippen LogP contribution is 2.18. The molecule has 1 saturated heterocycles. The molecule has 0 saturated carbocycles. The van der Waals surface area contributed by atoms with Crippen molar-refractivity contribution in [3.8, 4) is 0 Å². The number of carbonyl (C=O) groups excluding carboxylic acids is 1. The summed E-state index contributed by atoms with van der Waals surface area (Å²) in [5, 5.41) is 0. The quantitative estimate of drug-likeness (QED) is 0.665. The van der Waals surface area contributed by atoms with E-state index in [1.165, 1.54) is 6.42 Å². The molecule has 0 bridgehead atoms. The maximum absolute atomic E-state index is 11.3. The van der Waals surface area contributed by atoms with Gasteiger partial charge in [-0.3, -0.25) is 4.79 Å². The lowest BCUT2D eigenvalue weighted by Gasteiger charge is -2.37. The van der Waals surface area contributed by atoms with E-state index < -0.39 is 0 Å². The van der Waals surface area contributed by atoms with Crippen molar-refractivity contribution in [3.05, 3.63) is 0 Å². The van der Waals surface area contributed by atoms with Gasteiger partial charge in [-0.25, -0.2) is 0 Å². The van der Waals surface area contributed by atoms with Crippen LogP contribution < -0.4 is 0 Å². The minimum Gasteiger partial charge on any atom is -0.367 e. The third-order valence-electron chi connectivity index (χ3n) is 2.76. The number of amides is 1. The standard InChI is InChI=1S/C10H19NO2/c1-4-5-6-9-8(2)13-7-10(12)11(9)3/h8-9H,4-7H2,1-3H3. The molecule has 0 N–H and O–H groups in total. The highest BCUT2D eigenvalue weighted by atomic mass is 16.5. The summed E-state index contributed by atoms with van der Waals surface area (Å²) in [4.78, 5) is 13.2. The zero-order valence-electron chi connectivity index (χ0n) is 8.75. The van der Waals surface area contributed by atoms with Gasteiger partial charge in [-0.2, -0.15) is 0 Å². The van der Waals surface area contributed by atoms with Gasteiger partial charge in [0.1, 0.15) is 6.61 Å². The van der Waals surface area contributed by atoms with Crippen molar-refractivity contribution in [3.63, 3.8) is 0 Å². The van der Waals surface area contributed by atoms with Crippen LogP contribution in [0.4, 0.5) is 0 Å². The molecule has 0 radical (unpaired) electrons. The van der Waals surface area contributed by atoms with Crippen LogP contribution in [0, 0.1) is 0 Å². The predicted octanol–water partition coefficient (Wildman–Crippen LogP) is 1.42. The fraction of sp³-hybridized carbons (Fsp3) is 0.900. The minimum absolute atomic E-state index is 0.110. The van der Waals surface area contributed by atoms with E-state index in [0.717, 1.165) is 12.8 Å². The summed E-state index contributed by atoms with van der Waals surface area (Å²) >= 11 is 0. The number of ether oxygens (including phenoxy) is 1. The van der Waals surface area contributed by atoms with Crippen LogP contribution in [0.1, 0.15) is 33.1 Å². The van der Waals surface area contributed by atoms with Crippen LogP contribution in [-0.2, 0) is 9.53 Å². The molecule has 13 heavy (non-hydrogen) atoms. The smallest absolute Gasteiger partial charge is 0.248 e. The molecule has 1 fully saturated rings. The molecular weight excluding hydrogens is 166 g/mol. The molecule has 1 heterocycles. The average Bonchev–Trinajstić information content (AvgIpc) is 2.12. The fourth-order valence-corrected chi connectivity index (χ4v) is 1.76. The molecule has 1 rings (SSSR count). The van der Waals surface area contributed by atoms with E-state index in [1.807, 2.05) is 18.9 Å². The summed E-state index contributed by atoms with van der Waals surface area (Å²) in [5.74, 6) is 0.110. The average molecular weight is 185 g/mol. The topological polar surface area (TPSA) is 29.5 Å².